The number of carbonyl (C=O) groups is 1. The molecule has 0 N–H and O–H groups in total. The molecule has 1 atom stereocenters. The summed E-state index contributed by atoms with van der Waals surface area (Å²) in [7, 11) is 1.41. The Morgan fingerprint density at radius 1 is 1.23 bits per heavy atom. The van der Waals surface area contributed by atoms with E-state index in [1.54, 1.807) is 0 Å². The lowest BCUT2D eigenvalue weighted by atomic mass is 10.1. The molecule has 1 unspecified atom stereocenters. The van der Waals surface area contributed by atoms with Gasteiger partial charge in [-0.2, -0.15) is 0 Å². The first kappa shape index (κ1) is 18.9. The number of hydrogen-bond donors (Lipinski definition) is 0. The second-order valence-electron chi connectivity index (χ2n) is 5.74. The van der Waals surface area contributed by atoms with Crippen LogP contribution in [0, 0.1) is 11.6 Å². The van der Waals surface area contributed by atoms with Crippen LogP contribution in [0.1, 0.15) is 22.0 Å². The van der Waals surface area contributed by atoms with E-state index < -0.39 is 23.6 Å². The van der Waals surface area contributed by atoms with E-state index in [2.05, 4.69) is 0 Å². The molecule has 1 aliphatic rings. The van der Waals surface area contributed by atoms with Crippen molar-refractivity contribution in [3.05, 3.63) is 63.1 Å². The highest BCUT2D eigenvalue weighted by atomic mass is 35.5. The highest BCUT2D eigenvalue weighted by Gasteiger charge is 2.29. The van der Waals surface area contributed by atoms with E-state index in [1.165, 1.54) is 36.3 Å². The van der Waals surface area contributed by atoms with Gasteiger partial charge in [0.25, 0.3) is 5.91 Å². The van der Waals surface area contributed by atoms with Crippen LogP contribution in [0.25, 0.3) is 0 Å². The van der Waals surface area contributed by atoms with Gasteiger partial charge in [0.15, 0.2) is 0 Å². The maximum atomic E-state index is 13.8. The Labute approximate surface area is 159 Å². The van der Waals surface area contributed by atoms with Crippen molar-refractivity contribution in [2.75, 3.05) is 26.8 Å². The molecule has 138 valence electrons. The molecular weight excluding hydrogens is 387 g/mol. The van der Waals surface area contributed by atoms with E-state index >= 15 is 0 Å². The first-order chi connectivity index (χ1) is 12.4. The third-order valence-corrected chi connectivity index (χ3v) is 4.75. The van der Waals surface area contributed by atoms with Gasteiger partial charge in [-0.3, -0.25) is 4.79 Å². The molecule has 0 bridgehead atoms. The minimum absolute atomic E-state index is 0.0908. The number of nitrogens with zero attached hydrogens (tertiary/aromatic N) is 1. The quantitative estimate of drug-likeness (QED) is 0.711. The van der Waals surface area contributed by atoms with E-state index in [1.807, 2.05) is 0 Å². The molecule has 1 heterocycles. The van der Waals surface area contributed by atoms with Crippen molar-refractivity contribution in [1.29, 1.82) is 0 Å². The summed E-state index contributed by atoms with van der Waals surface area (Å²) in [6.45, 7) is 0.677. The fourth-order valence-electron chi connectivity index (χ4n) is 2.82. The van der Waals surface area contributed by atoms with Gasteiger partial charge in [-0.25, -0.2) is 8.78 Å². The second kappa shape index (κ2) is 7.78. The molecular formula is C18H15Cl2F2NO3. The molecule has 0 spiro atoms. The predicted molar refractivity (Wildman–Crippen MR) is 94.0 cm³/mol. The van der Waals surface area contributed by atoms with E-state index in [0.29, 0.717) is 12.1 Å². The predicted octanol–water partition coefficient (Wildman–Crippen LogP) is 4.49. The first-order valence-electron chi connectivity index (χ1n) is 7.79. The maximum Gasteiger partial charge on any atom is 0.257 e. The van der Waals surface area contributed by atoms with Crippen molar-refractivity contribution in [3.8, 4) is 5.75 Å². The largest absolute Gasteiger partial charge is 0.496 e. The summed E-state index contributed by atoms with van der Waals surface area (Å²) in [4.78, 5) is 14.3. The topological polar surface area (TPSA) is 38.8 Å². The number of carbonyl (C=O) groups excluding carboxylic acids is 1. The molecule has 0 radical (unpaired) electrons. The van der Waals surface area contributed by atoms with Gasteiger partial charge in [0.1, 0.15) is 23.5 Å². The fraction of sp³-hybridized carbons (Fsp3) is 0.278. The standard InChI is InChI=1S/C18H15Cl2F2NO3/c1-25-16-3-2-10(21)6-12(16)18(24)23-4-5-26-17(9-23)11-7-15(22)14(20)8-13(11)19/h2-3,6-8,17H,4-5,9H2,1H3. The van der Waals surface area contributed by atoms with Gasteiger partial charge in [-0.05, 0) is 30.3 Å². The zero-order valence-electron chi connectivity index (χ0n) is 13.8. The summed E-state index contributed by atoms with van der Waals surface area (Å²) >= 11 is 11.9. The van der Waals surface area contributed by atoms with Gasteiger partial charge in [0.05, 0.1) is 30.8 Å². The van der Waals surface area contributed by atoms with Crippen LogP contribution in [0.15, 0.2) is 30.3 Å². The highest BCUT2D eigenvalue weighted by molar-refractivity contribution is 6.35. The number of methoxy groups -OCH3 is 1. The van der Waals surface area contributed by atoms with Crippen LogP contribution in [0.2, 0.25) is 10.0 Å². The average Bonchev–Trinajstić information content (AvgIpc) is 2.64. The Kier molecular flexibility index (Phi) is 5.65. The van der Waals surface area contributed by atoms with Crippen molar-refractivity contribution >= 4 is 29.1 Å². The molecule has 0 aromatic heterocycles. The molecule has 3 rings (SSSR count). The van der Waals surface area contributed by atoms with Gasteiger partial charge in [-0.1, -0.05) is 23.2 Å². The van der Waals surface area contributed by atoms with E-state index in [9.17, 15) is 13.6 Å². The Morgan fingerprint density at radius 3 is 2.73 bits per heavy atom. The van der Waals surface area contributed by atoms with Crippen LogP contribution in [0.5, 0.6) is 5.75 Å². The maximum absolute atomic E-state index is 13.8. The normalized spacial score (nSPS) is 17.3. The monoisotopic (exact) mass is 401 g/mol. The summed E-state index contributed by atoms with van der Waals surface area (Å²) in [6.07, 6.45) is -0.619. The minimum Gasteiger partial charge on any atom is -0.496 e. The lowest BCUT2D eigenvalue weighted by molar-refractivity contribution is -0.0229. The SMILES string of the molecule is COc1ccc(F)cc1C(=O)N1CCOC(c2cc(F)c(Cl)cc2Cl)C1. The van der Waals surface area contributed by atoms with Crippen molar-refractivity contribution in [2.24, 2.45) is 0 Å². The highest BCUT2D eigenvalue weighted by Crippen LogP contribution is 2.33. The number of hydrogen-bond acceptors (Lipinski definition) is 3. The molecule has 4 nitrogen and oxygen atoms in total. The van der Waals surface area contributed by atoms with Crippen molar-refractivity contribution in [2.45, 2.75) is 6.10 Å². The van der Waals surface area contributed by atoms with Crippen LogP contribution >= 0.6 is 23.2 Å². The third kappa shape index (κ3) is 3.77. The van der Waals surface area contributed by atoms with Crippen molar-refractivity contribution in [3.63, 3.8) is 0 Å². The molecule has 0 aliphatic carbocycles. The number of amides is 1. The summed E-state index contributed by atoms with van der Waals surface area (Å²) < 4.78 is 38.1. The number of benzene rings is 2. The smallest absolute Gasteiger partial charge is 0.257 e. The second-order valence-corrected chi connectivity index (χ2v) is 6.56. The zero-order chi connectivity index (χ0) is 18.8. The Bertz CT molecular complexity index is 847. The van der Waals surface area contributed by atoms with Crippen LogP contribution < -0.4 is 4.74 Å². The summed E-state index contributed by atoms with van der Waals surface area (Å²) in [6, 6.07) is 6.24. The minimum atomic E-state index is -0.620. The van der Waals surface area contributed by atoms with Gasteiger partial charge >= 0.3 is 0 Å². The Morgan fingerprint density at radius 2 is 2.00 bits per heavy atom. The number of morpholine rings is 1. The Balaban J connectivity index is 1.86. The van der Waals surface area contributed by atoms with Gasteiger partial charge in [0.2, 0.25) is 0 Å². The lowest BCUT2D eigenvalue weighted by Gasteiger charge is -2.34. The lowest BCUT2D eigenvalue weighted by Crippen LogP contribution is -2.42. The summed E-state index contributed by atoms with van der Waals surface area (Å²) in [5.74, 6) is -1.29. The average molecular weight is 402 g/mol. The summed E-state index contributed by atoms with van der Waals surface area (Å²) in [5.41, 5.74) is 0.513. The molecule has 0 saturated carbocycles. The zero-order valence-corrected chi connectivity index (χ0v) is 15.3. The molecule has 1 amide bonds. The fourth-order valence-corrected chi connectivity index (χ4v) is 3.33. The van der Waals surface area contributed by atoms with E-state index in [-0.39, 0.29) is 34.5 Å². The van der Waals surface area contributed by atoms with Gasteiger partial charge < -0.3 is 14.4 Å². The van der Waals surface area contributed by atoms with Crippen LogP contribution in [-0.2, 0) is 4.74 Å². The van der Waals surface area contributed by atoms with E-state index in [0.717, 1.165) is 6.07 Å². The van der Waals surface area contributed by atoms with Gasteiger partial charge in [-0.15, -0.1) is 0 Å². The first-order valence-corrected chi connectivity index (χ1v) is 8.55. The molecule has 1 aliphatic heterocycles. The molecule has 1 saturated heterocycles. The number of halogens is 4. The van der Waals surface area contributed by atoms with Crippen molar-refractivity contribution in [1.82, 2.24) is 4.90 Å². The summed E-state index contributed by atoms with van der Waals surface area (Å²) in [5, 5.41) is 0.158. The molecule has 1 fully saturated rings. The van der Waals surface area contributed by atoms with Crippen LogP contribution in [0.4, 0.5) is 8.78 Å². The third-order valence-electron chi connectivity index (χ3n) is 4.13. The van der Waals surface area contributed by atoms with Crippen LogP contribution in [0.3, 0.4) is 0 Å². The molecule has 2 aromatic rings. The Hall–Kier alpha value is -1.89. The van der Waals surface area contributed by atoms with Crippen LogP contribution in [-0.4, -0.2) is 37.6 Å². The van der Waals surface area contributed by atoms with Crippen molar-refractivity contribution < 1.29 is 23.0 Å². The van der Waals surface area contributed by atoms with Gasteiger partial charge in [0, 0.05) is 17.1 Å². The number of rotatable bonds is 3. The number of ether oxygens (including phenoxy) is 2. The molecule has 2 aromatic carbocycles. The molecule has 26 heavy (non-hydrogen) atoms. The van der Waals surface area contributed by atoms with E-state index in [4.69, 9.17) is 32.7 Å². The molecule has 8 heteroatoms.